The number of carbonyl (C=O) groups is 2. The molecular weight excluding hydrogens is 230 g/mol. The number of nitrogens with zero attached hydrogens (tertiary/aromatic N) is 2. The van der Waals surface area contributed by atoms with Crippen molar-refractivity contribution in [3.05, 3.63) is 24.5 Å². The Morgan fingerprint density at radius 2 is 1.94 bits per heavy atom. The highest BCUT2D eigenvalue weighted by Gasteiger charge is 2.34. The van der Waals surface area contributed by atoms with Crippen molar-refractivity contribution in [2.45, 2.75) is 38.8 Å². The van der Waals surface area contributed by atoms with E-state index in [1.165, 1.54) is 0 Å². The van der Waals surface area contributed by atoms with E-state index in [2.05, 4.69) is 5.32 Å². The largest absolute Gasteiger partial charge is 0.336 e. The monoisotopic (exact) mass is 249 g/mol. The van der Waals surface area contributed by atoms with E-state index in [-0.39, 0.29) is 24.0 Å². The van der Waals surface area contributed by atoms with Crippen LogP contribution < -0.4 is 5.32 Å². The van der Waals surface area contributed by atoms with Crippen LogP contribution in [0.5, 0.6) is 0 Å². The number of hydrogen-bond acceptors (Lipinski definition) is 2. The Kier molecular flexibility index (Phi) is 3.69. The van der Waals surface area contributed by atoms with Gasteiger partial charge in [0.25, 0.3) is 5.91 Å². The molecule has 0 saturated carbocycles. The second-order valence-corrected chi connectivity index (χ2v) is 4.88. The zero-order valence-corrected chi connectivity index (χ0v) is 10.8. The molecule has 1 aliphatic rings. The van der Waals surface area contributed by atoms with Gasteiger partial charge in [-0.15, -0.1) is 0 Å². The summed E-state index contributed by atoms with van der Waals surface area (Å²) in [5.74, 6) is -0.0311. The number of carbonyl (C=O) groups excluding carboxylic acids is 2. The van der Waals surface area contributed by atoms with Crippen LogP contribution >= 0.6 is 0 Å². The third-order valence-electron chi connectivity index (χ3n) is 3.07. The number of rotatable bonds is 2. The molecule has 18 heavy (non-hydrogen) atoms. The minimum atomic E-state index is -0.337. The zero-order chi connectivity index (χ0) is 13.1. The van der Waals surface area contributed by atoms with Crippen molar-refractivity contribution in [2.24, 2.45) is 0 Å². The molecule has 2 heterocycles. The van der Waals surface area contributed by atoms with Crippen LogP contribution in [-0.4, -0.2) is 40.0 Å². The summed E-state index contributed by atoms with van der Waals surface area (Å²) in [7, 11) is 0. The first-order valence-corrected chi connectivity index (χ1v) is 6.34. The molecule has 1 aromatic heterocycles. The van der Waals surface area contributed by atoms with Gasteiger partial charge >= 0.3 is 6.03 Å². The quantitative estimate of drug-likeness (QED) is 0.867. The van der Waals surface area contributed by atoms with Gasteiger partial charge in [-0.05, 0) is 38.8 Å². The minimum Gasteiger partial charge on any atom is -0.336 e. The van der Waals surface area contributed by atoms with E-state index >= 15 is 0 Å². The smallest absolute Gasteiger partial charge is 0.318 e. The Labute approximate surface area is 107 Å². The molecule has 5 nitrogen and oxygen atoms in total. The molecule has 0 aromatic carbocycles. The van der Waals surface area contributed by atoms with Gasteiger partial charge in [-0.1, -0.05) is 0 Å². The molecule has 1 saturated heterocycles. The van der Waals surface area contributed by atoms with Crippen molar-refractivity contribution in [3.63, 3.8) is 0 Å². The van der Waals surface area contributed by atoms with Crippen LogP contribution in [0.2, 0.25) is 0 Å². The Balaban J connectivity index is 2.08. The van der Waals surface area contributed by atoms with Gasteiger partial charge < -0.3 is 10.2 Å². The highest BCUT2D eigenvalue weighted by Crippen LogP contribution is 2.19. The lowest BCUT2D eigenvalue weighted by Crippen LogP contribution is -2.48. The van der Waals surface area contributed by atoms with E-state index in [1.54, 1.807) is 21.9 Å². The Morgan fingerprint density at radius 3 is 2.56 bits per heavy atom. The highest BCUT2D eigenvalue weighted by molar-refractivity contribution is 5.89. The maximum Gasteiger partial charge on any atom is 0.318 e. The molecule has 0 radical (unpaired) electrons. The van der Waals surface area contributed by atoms with Gasteiger partial charge in [-0.25, -0.2) is 4.79 Å². The van der Waals surface area contributed by atoms with Crippen molar-refractivity contribution in [1.29, 1.82) is 0 Å². The first-order chi connectivity index (χ1) is 8.59. The van der Waals surface area contributed by atoms with Gasteiger partial charge in [0.2, 0.25) is 0 Å². The summed E-state index contributed by atoms with van der Waals surface area (Å²) in [5, 5.41) is 2.84. The van der Waals surface area contributed by atoms with Crippen LogP contribution in [0, 0.1) is 0 Å². The molecule has 2 rings (SSSR count). The van der Waals surface area contributed by atoms with E-state index in [0.717, 1.165) is 12.8 Å². The zero-order valence-electron chi connectivity index (χ0n) is 10.8. The number of urea groups is 1. The second-order valence-electron chi connectivity index (χ2n) is 4.88. The predicted molar refractivity (Wildman–Crippen MR) is 68.5 cm³/mol. The molecule has 0 bridgehead atoms. The maximum absolute atomic E-state index is 12.2. The Hall–Kier alpha value is -1.78. The van der Waals surface area contributed by atoms with Crippen molar-refractivity contribution in [3.8, 4) is 0 Å². The maximum atomic E-state index is 12.2. The fourth-order valence-electron chi connectivity index (χ4n) is 2.25. The molecule has 1 N–H and O–H groups in total. The van der Waals surface area contributed by atoms with Gasteiger partial charge in [0.05, 0.1) is 0 Å². The SMILES string of the molecule is CC(C)NC(=O)N1CCC[C@H]1C(=O)n1cccc1. The normalized spacial score (nSPS) is 19.3. The summed E-state index contributed by atoms with van der Waals surface area (Å²) in [6.07, 6.45) is 5.06. The van der Waals surface area contributed by atoms with Crippen molar-refractivity contribution < 1.29 is 9.59 Å². The fourth-order valence-corrected chi connectivity index (χ4v) is 2.25. The standard InChI is InChI=1S/C13H19N3O2/c1-10(2)14-13(18)16-9-5-6-11(16)12(17)15-7-3-4-8-15/h3-4,7-8,10-11H,5-6,9H2,1-2H3,(H,14,18)/t11-/m0/s1. The molecule has 1 atom stereocenters. The van der Waals surface area contributed by atoms with E-state index in [4.69, 9.17) is 0 Å². The molecule has 1 aliphatic heterocycles. The molecule has 2 amide bonds. The van der Waals surface area contributed by atoms with E-state index in [0.29, 0.717) is 6.54 Å². The lowest BCUT2D eigenvalue weighted by molar-refractivity contribution is 0.0801. The number of aromatic nitrogens is 1. The molecule has 0 unspecified atom stereocenters. The van der Waals surface area contributed by atoms with Crippen LogP contribution in [0.25, 0.3) is 0 Å². The van der Waals surface area contributed by atoms with Gasteiger partial charge in [-0.3, -0.25) is 9.36 Å². The van der Waals surface area contributed by atoms with Crippen molar-refractivity contribution >= 4 is 11.9 Å². The van der Waals surface area contributed by atoms with Crippen LogP contribution in [0.4, 0.5) is 4.79 Å². The minimum absolute atomic E-state index is 0.0311. The molecule has 0 spiro atoms. The summed E-state index contributed by atoms with van der Waals surface area (Å²) in [6.45, 7) is 4.48. The molecule has 1 fully saturated rings. The molecular formula is C13H19N3O2. The summed E-state index contributed by atoms with van der Waals surface area (Å²) >= 11 is 0. The van der Waals surface area contributed by atoms with Crippen LogP contribution in [0.3, 0.4) is 0 Å². The van der Waals surface area contributed by atoms with Crippen molar-refractivity contribution in [1.82, 2.24) is 14.8 Å². The third-order valence-corrected chi connectivity index (χ3v) is 3.07. The lowest BCUT2D eigenvalue weighted by Gasteiger charge is -2.25. The van der Waals surface area contributed by atoms with Crippen molar-refractivity contribution in [2.75, 3.05) is 6.54 Å². The van der Waals surface area contributed by atoms with E-state index < -0.39 is 0 Å². The Morgan fingerprint density at radius 1 is 1.28 bits per heavy atom. The van der Waals surface area contributed by atoms with Gasteiger partial charge in [0.15, 0.2) is 0 Å². The average Bonchev–Trinajstić information content (AvgIpc) is 2.98. The highest BCUT2D eigenvalue weighted by atomic mass is 16.2. The summed E-state index contributed by atoms with van der Waals surface area (Å²) in [4.78, 5) is 25.9. The summed E-state index contributed by atoms with van der Waals surface area (Å²) < 4.78 is 1.55. The van der Waals surface area contributed by atoms with E-state index in [1.807, 2.05) is 26.0 Å². The second kappa shape index (κ2) is 5.25. The average molecular weight is 249 g/mol. The lowest BCUT2D eigenvalue weighted by atomic mass is 10.2. The summed E-state index contributed by atoms with van der Waals surface area (Å²) in [5.41, 5.74) is 0. The third kappa shape index (κ3) is 2.55. The predicted octanol–water partition coefficient (Wildman–Crippen LogP) is 1.71. The number of likely N-dealkylation sites (tertiary alicyclic amines) is 1. The number of nitrogens with one attached hydrogen (secondary N) is 1. The number of hydrogen-bond donors (Lipinski definition) is 1. The Bertz CT molecular complexity index is 425. The molecule has 98 valence electrons. The molecule has 5 heteroatoms. The van der Waals surface area contributed by atoms with Gasteiger partial charge in [0.1, 0.15) is 6.04 Å². The van der Waals surface area contributed by atoms with Crippen LogP contribution in [-0.2, 0) is 0 Å². The molecule has 0 aliphatic carbocycles. The molecule has 1 aromatic rings. The van der Waals surface area contributed by atoms with Crippen LogP contribution in [0.1, 0.15) is 31.5 Å². The topological polar surface area (TPSA) is 54.3 Å². The van der Waals surface area contributed by atoms with Gasteiger partial charge in [0, 0.05) is 25.0 Å². The van der Waals surface area contributed by atoms with E-state index in [9.17, 15) is 9.59 Å². The first-order valence-electron chi connectivity index (χ1n) is 6.34. The first kappa shape index (κ1) is 12.7. The van der Waals surface area contributed by atoms with Gasteiger partial charge in [-0.2, -0.15) is 0 Å². The fraction of sp³-hybridized carbons (Fsp3) is 0.538. The van der Waals surface area contributed by atoms with Crippen LogP contribution in [0.15, 0.2) is 24.5 Å². The number of amides is 2. The summed E-state index contributed by atoms with van der Waals surface area (Å²) in [6, 6.07) is 3.22.